The molecule has 2 aromatic rings. The molecule has 6 nitrogen and oxygen atoms in total. The monoisotopic (exact) mass is 465 g/mol. The smallest absolute Gasteiger partial charge is 0.295 e. The van der Waals surface area contributed by atoms with E-state index in [9.17, 15) is 14.7 Å². The van der Waals surface area contributed by atoms with Gasteiger partial charge in [0.1, 0.15) is 11.5 Å². The quantitative estimate of drug-likeness (QED) is 0.306. The van der Waals surface area contributed by atoms with Gasteiger partial charge in [-0.25, -0.2) is 0 Å². The lowest BCUT2D eigenvalue weighted by molar-refractivity contribution is -0.140. The Balaban J connectivity index is 2.13. The molecule has 1 fully saturated rings. The third kappa shape index (κ3) is 5.33. The number of nitrogens with zero attached hydrogens (tertiary/aromatic N) is 1. The highest BCUT2D eigenvalue weighted by Gasteiger charge is 2.46. The third-order valence-corrected chi connectivity index (χ3v) is 5.89. The molecule has 0 spiro atoms. The number of hydrogen-bond donors (Lipinski definition) is 1. The molecular weight excluding hydrogens is 430 g/mol. The molecule has 1 atom stereocenters. The van der Waals surface area contributed by atoms with E-state index in [1.807, 2.05) is 77.9 Å². The normalized spacial score (nSPS) is 17.8. The molecule has 1 aliphatic heterocycles. The van der Waals surface area contributed by atoms with E-state index in [-0.39, 0.29) is 29.9 Å². The van der Waals surface area contributed by atoms with Gasteiger partial charge in [-0.15, -0.1) is 0 Å². The van der Waals surface area contributed by atoms with E-state index in [0.717, 1.165) is 22.4 Å². The van der Waals surface area contributed by atoms with E-state index in [0.29, 0.717) is 18.8 Å². The van der Waals surface area contributed by atoms with Crippen molar-refractivity contribution in [3.63, 3.8) is 0 Å². The van der Waals surface area contributed by atoms with Gasteiger partial charge in [-0.3, -0.25) is 9.59 Å². The summed E-state index contributed by atoms with van der Waals surface area (Å²) in [4.78, 5) is 27.8. The summed E-state index contributed by atoms with van der Waals surface area (Å²) in [6, 6.07) is 12.4. The van der Waals surface area contributed by atoms with Crippen molar-refractivity contribution in [1.29, 1.82) is 0 Å². The molecule has 6 heteroatoms. The zero-order valence-electron chi connectivity index (χ0n) is 20.9. The summed E-state index contributed by atoms with van der Waals surface area (Å²) in [5, 5.41) is 11.4. The third-order valence-electron chi connectivity index (χ3n) is 5.89. The van der Waals surface area contributed by atoms with Crippen LogP contribution in [0.3, 0.4) is 0 Å². The van der Waals surface area contributed by atoms with Crippen LogP contribution < -0.4 is 4.74 Å². The molecule has 1 amide bonds. The molecule has 1 heterocycles. The number of carbonyl (C=O) groups is 2. The number of aliphatic hydroxyl groups is 1. The molecule has 0 bridgehead atoms. The molecule has 1 unspecified atom stereocenters. The first-order valence-corrected chi connectivity index (χ1v) is 11.9. The molecule has 34 heavy (non-hydrogen) atoms. The van der Waals surface area contributed by atoms with Gasteiger partial charge in [0.25, 0.3) is 11.7 Å². The van der Waals surface area contributed by atoms with Crippen molar-refractivity contribution in [3.05, 3.63) is 70.3 Å². The van der Waals surface area contributed by atoms with Gasteiger partial charge >= 0.3 is 0 Å². The van der Waals surface area contributed by atoms with E-state index in [2.05, 4.69) is 0 Å². The van der Waals surface area contributed by atoms with Gasteiger partial charge in [-0.2, -0.15) is 0 Å². The molecule has 1 aliphatic rings. The standard InChI is InChI=1S/C28H35NO5/c1-7-33-23-12-11-21(16-22(23)17(2)3)26(30)24-25(20-10-8-9-19(6)15-20)29(28(32)27(24)31)13-14-34-18(4)5/h8-12,15-18,25,30H,7,13-14H2,1-6H3/b26-24-. The number of ether oxygens (including phenoxy) is 2. The number of aryl methyl sites for hydroxylation is 1. The summed E-state index contributed by atoms with van der Waals surface area (Å²) in [6.45, 7) is 12.9. The topological polar surface area (TPSA) is 76.1 Å². The van der Waals surface area contributed by atoms with E-state index in [1.54, 1.807) is 6.07 Å². The molecule has 3 rings (SSSR count). The Hall–Kier alpha value is -3.12. The van der Waals surface area contributed by atoms with Crippen LogP contribution >= 0.6 is 0 Å². The van der Waals surface area contributed by atoms with Crippen LogP contribution in [0, 0.1) is 6.92 Å². The van der Waals surface area contributed by atoms with Crippen LogP contribution in [-0.4, -0.2) is 47.6 Å². The summed E-state index contributed by atoms with van der Waals surface area (Å²) in [5.74, 6) is -0.598. The maximum atomic E-state index is 13.2. The summed E-state index contributed by atoms with van der Waals surface area (Å²) >= 11 is 0. The summed E-state index contributed by atoms with van der Waals surface area (Å²) < 4.78 is 11.4. The number of hydrogen-bond acceptors (Lipinski definition) is 5. The zero-order chi connectivity index (χ0) is 25.0. The van der Waals surface area contributed by atoms with Gasteiger partial charge in [0.2, 0.25) is 0 Å². The van der Waals surface area contributed by atoms with Gasteiger partial charge in [-0.1, -0.05) is 43.7 Å². The second-order valence-electron chi connectivity index (χ2n) is 9.17. The Labute approximate surface area is 202 Å². The predicted octanol–water partition coefficient (Wildman–Crippen LogP) is 5.36. The van der Waals surface area contributed by atoms with Gasteiger partial charge < -0.3 is 19.5 Å². The summed E-state index contributed by atoms with van der Waals surface area (Å²) in [6.07, 6.45) is 0.00699. The number of amides is 1. The minimum Gasteiger partial charge on any atom is -0.507 e. The van der Waals surface area contributed by atoms with Crippen molar-refractivity contribution >= 4 is 17.4 Å². The molecule has 0 aliphatic carbocycles. The first-order chi connectivity index (χ1) is 16.1. The lowest BCUT2D eigenvalue weighted by atomic mass is 9.92. The number of rotatable bonds is 9. The minimum absolute atomic E-state index is 0.00699. The fourth-order valence-electron chi connectivity index (χ4n) is 4.27. The van der Waals surface area contributed by atoms with Crippen LogP contribution in [0.4, 0.5) is 0 Å². The van der Waals surface area contributed by atoms with Crippen LogP contribution in [0.15, 0.2) is 48.0 Å². The Morgan fingerprint density at radius 3 is 2.44 bits per heavy atom. The van der Waals surface area contributed by atoms with Crippen molar-refractivity contribution < 1.29 is 24.2 Å². The number of ketones is 1. The lowest BCUT2D eigenvalue weighted by Crippen LogP contribution is -2.33. The molecule has 0 saturated carbocycles. The first-order valence-electron chi connectivity index (χ1n) is 11.9. The summed E-state index contributed by atoms with van der Waals surface area (Å²) in [7, 11) is 0. The van der Waals surface area contributed by atoms with Crippen molar-refractivity contribution in [1.82, 2.24) is 4.90 Å². The SMILES string of the molecule is CCOc1ccc(/C(O)=C2/C(=O)C(=O)N(CCOC(C)C)C2c2cccc(C)c2)cc1C(C)C. The number of Topliss-reactive ketones (excluding diaryl/α,β-unsaturated/α-hetero) is 1. The number of benzene rings is 2. The predicted molar refractivity (Wildman–Crippen MR) is 133 cm³/mol. The van der Waals surface area contributed by atoms with Crippen LogP contribution in [0.5, 0.6) is 5.75 Å². The molecule has 182 valence electrons. The number of likely N-dealkylation sites (tertiary alicyclic amines) is 1. The Bertz CT molecular complexity index is 1090. The number of aliphatic hydroxyl groups excluding tert-OH is 1. The molecule has 0 aromatic heterocycles. The van der Waals surface area contributed by atoms with Crippen molar-refractivity contribution in [2.75, 3.05) is 19.8 Å². The zero-order valence-corrected chi connectivity index (χ0v) is 20.9. The molecular formula is C28H35NO5. The van der Waals surface area contributed by atoms with Crippen LogP contribution in [0.25, 0.3) is 5.76 Å². The van der Waals surface area contributed by atoms with E-state index in [1.165, 1.54) is 4.90 Å². The number of carbonyl (C=O) groups excluding carboxylic acids is 2. The maximum absolute atomic E-state index is 13.2. The highest BCUT2D eigenvalue weighted by molar-refractivity contribution is 6.46. The van der Waals surface area contributed by atoms with E-state index >= 15 is 0 Å². The van der Waals surface area contributed by atoms with Gasteiger partial charge in [-0.05, 0) is 62.9 Å². The largest absolute Gasteiger partial charge is 0.507 e. The fourth-order valence-corrected chi connectivity index (χ4v) is 4.27. The second kappa shape index (κ2) is 10.9. The average molecular weight is 466 g/mol. The van der Waals surface area contributed by atoms with Crippen molar-refractivity contribution in [3.8, 4) is 5.75 Å². The van der Waals surface area contributed by atoms with Crippen molar-refractivity contribution in [2.24, 2.45) is 0 Å². The van der Waals surface area contributed by atoms with Gasteiger partial charge in [0.15, 0.2) is 0 Å². The minimum atomic E-state index is -0.690. The van der Waals surface area contributed by atoms with Gasteiger partial charge in [0.05, 0.1) is 30.9 Å². The fraction of sp³-hybridized carbons (Fsp3) is 0.429. The lowest BCUT2D eigenvalue weighted by Gasteiger charge is -2.26. The Kier molecular flexibility index (Phi) is 8.15. The van der Waals surface area contributed by atoms with E-state index < -0.39 is 17.7 Å². The molecule has 1 saturated heterocycles. The average Bonchev–Trinajstić information content (AvgIpc) is 3.03. The van der Waals surface area contributed by atoms with Crippen LogP contribution in [-0.2, 0) is 14.3 Å². The Morgan fingerprint density at radius 1 is 1.09 bits per heavy atom. The molecule has 0 radical (unpaired) electrons. The van der Waals surface area contributed by atoms with E-state index in [4.69, 9.17) is 9.47 Å². The highest BCUT2D eigenvalue weighted by Crippen LogP contribution is 2.40. The second-order valence-corrected chi connectivity index (χ2v) is 9.17. The Morgan fingerprint density at radius 2 is 1.82 bits per heavy atom. The molecule has 2 aromatic carbocycles. The molecule has 1 N–H and O–H groups in total. The van der Waals surface area contributed by atoms with Crippen LogP contribution in [0.1, 0.15) is 68.8 Å². The maximum Gasteiger partial charge on any atom is 0.295 e. The van der Waals surface area contributed by atoms with Crippen LogP contribution in [0.2, 0.25) is 0 Å². The van der Waals surface area contributed by atoms with Gasteiger partial charge in [0, 0.05) is 12.1 Å². The first kappa shape index (κ1) is 25.5. The van der Waals surface area contributed by atoms with Crippen molar-refractivity contribution in [2.45, 2.75) is 59.6 Å². The highest BCUT2D eigenvalue weighted by atomic mass is 16.5. The summed E-state index contributed by atoms with van der Waals surface area (Å²) in [5.41, 5.74) is 3.29.